The van der Waals surface area contributed by atoms with E-state index in [1.807, 2.05) is 13.0 Å². The molecule has 3 atom stereocenters. The predicted molar refractivity (Wildman–Crippen MR) is 232 cm³/mol. The second-order valence-corrected chi connectivity index (χ2v) is 16.3. The van der Waals surface area contributed by atoms with Crippen LogP contribution in [0.4, 0.5) is 22.0 Å². The lowest BCUT2D eigenvalue weighted by atomic mass is 10.00. The summed E-state index contributed by atoms with van der Waals surface area (Å²) in [6.45, 7) is 6.55. The molecule has 0 saturated carbocycles. The molecular weight excluding hydrogens is 835 g/mol. The van der Waals surface area contributed by atoms with Crippen LogP contribution in [0.5, 0.6) is 11.5 Å². The molecule has 2 fully saturated rings. The van der Waals surface area contributed by atoms with Gasteiger partial charge in [-0.25, -0.2) is 19.5 Å². The minimum absolute atomic E-state index is 0.0424. The van der Waals surface area contributed by atoms with Gasteiger partial charge in [-0.1, -0.05) is 12.7 Å². The van der Waals surface area contributed by atoms with Gasteiger partial charge in [-0.2, -0.15) is 0 Å². The lowest BCUT2D eigenvalue weighted by molar-refractivity contribution is -0.198. The number of nitrogens with one attached hydrogen (secondary N) is 2. The van der Waals surface area contributed by atoms with Gasteiger partial charge in [0.15, 0.2) is 29.8 Å². The highest BCUT2D eigenvalue weighted by Gasteiger charge is 2.47. The zero-order chi connectivity index (χ0) is 44.6. The molecule has 19 heteroatoms. The van der Waals surface area contributed by atoms with Crippen molar-refractivity contribution in [2.45, 2.75) is 76.9 Å². The van der Waals surface area contributed by atoms with Gasteiger partial charge in [0.05, 0.1) is 60.6 Å². The monoisotopic (exact) mass is 885 g/mol. The molecule has 4 aromatic rings. The van der Waals surface area contributed by atoms with Crippen LogP contribution in [0, 0.1) is 6.92 Å². The molecule has 6 heterocycles. The number of ether oxygens (including phenoxy) is 6. The summed E-state index contributed by atoms with van der Waals surface area (Å²) >= 11 is 1.27. The summed E-state index contributed by atoms with van der Waals surface area (Å²) in [6, 6.07) is 7.97. The maximum atomic E-state index is 14.2. The normalized spacial score (nSPS) is 18.3. The standard InChI is InChI=1S/C44H51N7O11S/c1-6-18-61-44(56)51-31-23-33(32(57-4)22-28(31)41(54)50-17-9-7-12-30(50)42(51)62-37-14-8-10-19-60-37)59-20-11-13-36(52)47-35-25-49(3)39(48-35)40(53)46-27-15-16-29(45-24-27)34-21-26(2)38(63-34)43(55)58-5/h6,15-16,21-25,30,37,42H,1,7-14,17-20H2,2-5H3,(H,46,53)(H,47,52)/t30-,37?,42?/m0/s1. The number of carbonyl (C=O) groups excluding carboxylic acids is 5. The molecular formula is C44H51N7O11S. The number of rotatable bonds is 15. The SMILES string of the molecule is C=CCOC(=O)N1c2cc(OCCCC(=O)Nc3cn(C)c(C(=O)Nc4ccc(-c5cc(C)c(C(=O)OC)s5)nc4)n3)c(OC)cc2C(=O)N2CCCC[C@H]2C1OC1CCCCO1. The molecule has 7 rings (SSSR count). The van der Waals surface area contributed by atoms with Crippen LogP contribution < -0.4 is 25.0 Å². The quantitative estimate of drug-likeness (QED) is 0.0726. The van der Waals surface area contributed by atoms with Gasteiger partial charge in [-0.3, -0.25) is 19.4 Å². The Hall–Kier alpha value is -6.31. The van der Waals surface area contributed by atoms with Gasteiger partial charge < -0.3 is 48.5 Å². The van der Waals surface area contributed by atoms with Crippen LogP contribution in [0.25, 0.3) is 10.6 Å². The highest BCUT2D eigenvalue weighted by Crippen LogP contribution is 2.42. The summed E-state index contributed by atoms with van der Waals surface area (Å²) < 4.78 is 36.3. The first kappa shape index (κ1) is 44.7. The first-order valence-corrected chi connectivity index (χ1v) is 21.6. The molecule has 2 N–H and O–H groups in total. The average Bonchev–Trinajstić information content (AvgIpc) is 3.85. The van der Waals surface area contributed by atoms with Crippen LogP contribution in [0.1, 0.15) is 87.6 Å². The number of pyridine rings is 1. The van der Waals surface area contributed by atoms with Crippen molar-refractivity contribution in [1.29, 1.82) is 0 Å². The van der Waals surface area contributed by atoms with E-state index >= 15 is 0 Å². The number of hydrogen-bond donors (Lipinski definition) is 2. The van der Waals surface area contributed by atoms with Gasteiger partial charge in [-0.15, -0.1) is 11.3 Å². The first-order valence-electron chi connectivity index (χ1n) is 20.8. The Kier molecular flexibility index (Phi) is 14.4. The number of aromatic nitrogens is 3. The molecule has 2 saturated heterocycles. The third kappa shape index (κ3) is 10.2. The van der Waals surface area contributed by atoms with Crippen molar-refractivity contribution in [2.75, 3.05) is 56.1 Å². The van der Waals surface area contributed by atoms with E-state index in [0.29, 0.717) is 42.3 Å². The number of amides is 4. The van der Waals surface area contributed by atoms with E-state index in [-0.39, 0.29) is 72.3 Å². The fourth-order valence-electron chi connectivity index (χ4n) is 7.75. The van der Waals surface area contributed by atoms with Crippen LogP contribution >= 0.6 is 11.3 Å². The number of anilines is 3. The number of thiophene rings is 1. The number of benzene rings is 1. The number of fused-ring (bicyclic) bond motifs is 2. The second kappa shape index (κ2) is 20.3. The highest BCUT2D eigenvalue weighted by atomic mass is 32.1. The summed E-state index contributed by atoms with van der Waals surface area (Å²) in [5.41, 5.74) is 2.31. The highest BCUT2D eigenvalue weighted by molar-refractivity contribution is 7.17. The minimum Gasteiger partial charge on any atom is -0.493 e. The van der Waals surface area contributed by atoms with Gasteiger partial charge >= 0.3 is 12.1 Å². The molecule has 3 aliphatic heterocycles. The van der Waals surface area contributed by atoms with E-state index in [4.69, 9.17) is 28.4 Å². The third-order valence-electron chi connectivity index (χ3n) is 10.8. The molecule has 334 valence electrons. The molecule has 0 radical (unpaired) electrons. The molecule has 4 amide bonds. The van der Waals surface area contributed by atoms with Crippen molar-refractivity contribution in [2.24, 2.45) is 7.05 Å². The Bertz CT molecular complexity index is 2340. The van der Waals surface area contributed by atoms with E-state index in [1.165, 1.54) is 53.5 Å². The van der Waals surface area contributed by atoms with Gasteiger partial charge in [0, 0.05) is 38.9 Å². The van der Waals surface area contributed by atoms with Crippen LogP contribution in [0.2, 0.25) is 0 Å². The van der Waals surface area contributed by atoms with Crippen LogP contribution in [-0.4, -0.2) is 108 Å². The summed E-state index contributed by atoms with van der Waals surface area (Å²) in [4.78, 5) is 79.6. The lowest BCUT2D eigenvalue weighted by Crippen LogP contribution is -2.57. The van der Waals surface area contributed by atoms with E-state index in [2.05, 4.69) is 27.2 Å². The molecule has 2 unspecified atom stereocenters. The molecule has 1 aromatic carbocycles. The van der Waals surface area contributed by atoms with Crippen LogP contribution in [-0.2, 0) is 30.8 Å². The van der Waals surface area contributed by atoms with Crippen molar-refractivity contribution in [3.8, 4) is 22.1 Å². The number of nitrogens with zero attached hydrogens (tertiary/aromatic N) is 5. The van der Waals surface area contributed by atoms with E-state index in [0.717, 1.165) is 36.1 Å². The molecule has 18 nitrogen and oxygen atoms in total. The Morgan fingerprint density at radius 3 is 2.60 bits per heavy atom. The molecule has 63 heavy (non-hydrogen) atoms. The van der Waals surface area contributed by atoms with Gasteiger partial charge in [-0.05, 0) is 81.7 Å². The van der Waals surface area contributed by atoms with Gasteiger partial charge in [0.1, 0.15) is 11.5 Å². The Morgan fingerprint density at radius 2 is 1.87 bits per heavy atom. The van der Waals surface area contributed by atoms with Crippen LogP contribution in [0.15, 0.2) is 55.4 Å². The number of piperidine rings is 1. The van der Waals surface area contributed by atoms with Crippen molar-refractivity contribution >= 4 is 58.3 Å². The fraction of sp³-hybridized carbons (Fsp3) is 0.432. The summed E-state index contributed by atoms with van der Waals surface area (Å²) in [5, 5.41) is 5.50. The second-order valence-electron chi connectivity index (χ2n) is 15.2. The number of esters is 1. The maximum Gasteiger partial charge on any atom is 0.416 e. The molecule has 3 aromatic heterocycles. The molecule has 0 aliphatic carbocycles. The number of imidazole rings is 1. The Morgan fingerprint density at radius 1 is 1.05 bits per heavy atom. The molecule has 3 aliphatic rings. The minimum atomic E-state index is -0.908. The van der Waals surface area contributed by atoms with Crippen molar-refractivity contribution in [3.63, 3.8) is 0 Å². The summed E-state index contributed by atoms with van der Waals surface area (Å²) in [7, 11) is 4.43. The van der Waals surface area contributed by atoms with Crippen LogP contribution in [0.3, 0.4) is 0 Å². The maximum absolute atomic E-state index is 14.2. The number of aryl methyl sites for hydroxylation is 2. The van der Waals surface area contributed by atoms with E-state index in [9.17, 15) is 24.0 Å². The smallest absolute Gasteiger partial charge is 0.416 e. The van der Waals surface area contributed by atoms with Gasteiger partial charge in [0.25, 0.3) is 11.8 Å². The fourth-order valence-corrected chi connectivity index (χ4v) is 8.82. The zero-order valence-corrected chi connectivity index (χ0v) is 36.5. The number of carbonyl (C=O) groups is 5. The predicted octanol–water partition coefficient (Wildman–Crippen LogP) is 6.70. The number of methoxy groups -OCH3 is 2. The third-order valence-corrected chi connectivity index (χ3v) is 12.1. The lowest BCUT2D eigenvalue weighted by Gasteiger charge is -2.42. The average molecular weight is 886 g/mol. The van der Waals surface area contributed by atoms with Crippen molar-refractivity contribution in [3.05, 3.63) is 77.2 Å². The molecule has 0 spiro atoms. The van der Waals surface area contributed by atoms with Crippen molar-refractivity contribution in [1.82, 2.24) is 19.4 Å². The van der Waals surface area contributed by atoms with Crippen molar-refractivity contribution < 1.29 is 52.4 Å². The Balaban J connectivity index is 0.994. The topological polar surface area (TPSA) is 202 Å². The zero-order valence-electron chi connectivity index (χ0n) is 35.7. The van der Waals surface area contributed by atoms with E-state index < -0.39 is 36.5 Å². The largest absolute Gasteiger partial charge is 0.493 e. The van der Waals surface area contributed by atoms with E-state index in [1.54, 1.807) is 36.2 Å². The summed E-state index contributed by atoms with van der Waals surface area (Å²) in [6.07, 6.45) is 7.36. The summed E-state index contributed by atoms with van der Waals surface area (Å²) in [5.74, 6) is -0.794. The van der Waals surface area contributed by atoms with Gasteiger partial charge in [0.2, 0.25) is 11.7 Å². The Labute approximate surface area is 368 Å². The number of hydrogen-bond acceptors (Lipinski definition) is 14. The first-order chi connectivity index (χ1) is 30.5. The molecule has 0 bridgehead atoms.